The van der Waals surface area contributed by atoms with Crippen LogP contribution in [-0.2, 0) is 26.2 Å². The van der Waals surface area contributed by atoms with Crippen LogP contribution in [0.25, 0.3) is 0 Å². The van der Waals surface area contributed by atoms with Crippen LogP contribution in [-0.4, -0.2) is 86.9 Å². The molecule has 3 N–H and O–H groups in total. The molecule has 3 rings (SSSR count). The second-order valence-corrected chi connectivity index (χ2v) is 8.41. The molecule has 1 saturated heterocycles. The van der Waals surface area contributed by atoms with E-state index in [1.807, 2.05) is 0 Å². The van der Waals surface area contributed by atoms with Gasteiger partial charge >= 0.3 is 12.3 Å². The molecule has 0 saturated carbocycles. The van der Waals surface area contributed by atoms with E-state index in [2.05, 4.69) is 20.3 Å². The van der Waals surface area contributed by atoms with Crippen LogP contribution in [0.15, 0.2) is 29.2 Å². The number of hydrogen-bond acceptors (Lipinski definition) is 9. The van der Waals surface area contributed by atoms with Gasteiger partial charge in [0.2, 0.25) is 21.9 Å². The van der Waals surface area contributed by atoms with E-state index in [9.17, 15) is 36.3 Å². The first kappa shape index (κ1) is 23.2. The number of nitrogens with two attached hydrogens (primary N) is 1. The highest BCUT2D eigenvalue weighted by Gasteiger charge is 2.41. The van der Waals surface area contributed by atoms with Gasteiger partial charge in [0, 0.05) is 19.6 Å². The number of carbonyl (C=O) groups excluding carboxylic acids is 1. The molecule has 174 valence electrons. The minimum Gasteiger partial charge on any atom is -0.480 e. The molecule has 2 heterocycles. The number of rotatable bonds is 6. The summed E-state index contributed by atoms with van der Waals surface area (Å²) in [5.74, 6) is -2.86. The van der Waals surface area contributed by atoms with Gasteiger partial charge in [0.25, 0.3) is 0 Å². The standard InChI is InChI=1S/C15H16F3N7O6S/c16-15(17,18)31-9-1-3-10(4-2-9)32(29,30)25-6-5-23(7-11(25)13(27)28)12(26)8-24-14(19)20-21-22-24/h1-4,11H,5-8H2,(H,27,28)(H2,19,20,22)/t11-/m1/s1. The molecule has 32 heavy (non-hydrogen) atoms. The number of halogens is 3. The number of carboxylic acids is 1. The van der Waals surface area contributed by atoms with Gasteiger partial charge in [-0.3, -0.25) is 9.59 Å². The smallest absolute Gasteiger partial charge is 0.480 e. The van der Waals surface area contributed by atoms with Crippen LogP contribution in [0.4, 0.5) is 19.1 Å². The van der Waals surface area contributed by atoms with Crippen molar-refractivity contribution in [3.8, 4) is 5.75 Å². The predicted octanol–water partition coefficient (Wildman–Crippen LogP) is -0.860. The second-order valence-electron chi connectivity index (χ2n) is 6.52. The van der Waals surface area contributed by atoms with Crippen molar-refractivity contribution in [2.75, 3.05) is 25.4 Å². The fraction of sp³-hybridized carbons (Fsp3) is 0.400. The fourth-order valence-electron chi connectivity index (χ4n) is 2.98. The monoisotopic (exact) mass is 479 g/mol. The molecule has 1 aromatic heterocycles. The molecule has 1 aliphatic rings. The van der Waals surface area contributed by atoms with Crippen LogP contribution < -0.4 is 10.5 Å². The van der Waals surface area contributed by atoms with Gasteiger partial charge in [-0.1, -0.05) is 5.10 Å². The Hall–Kier alpha value is -3.47. The van der Waals surface area contributed by atoms with Crippen molar-refractivity contribution in [2.45, 2.75) is 23.8 Å². The van der Waals surface area contributed by atoms with E-state index >= 15 is 0 Å². The minimum absolute atomic E-state index is 0.132. The minimum atomic E-state index is -4.95. The van der Waals surface area contributed by atoms with E-state index < -0.39 is 51.5 Å². The first-order valence-corrected chi connectivity index (χ1v) is 10.2. The van der Waals surface area contributed by atoms with Crippen molar-refractivity contribution in [3.63, 3.8) is 0 Å². The highest BCUT2D eigenvalue weighted by molar-refractivity contribution is 7.89. The van der Waals surface area contributed by atoms with Gasteiger partial charge in [0.15, 0.2) is 0 Å². The van der Waals surface area contributed by atoms with E-state index in [1.165, 1.54) is 0 Å². The Labute approximate surface area is 178 Å². The number of nitrogens with zero attached hydrogens (tertiary/aromatic N) is 6. The maximum Gasteiger partial charge on any atom is 0.573 e. The zero-order valence-electron chi connectivity index (χ0n) is 16.0. The Morgan fingerprint density at radius 2 is 1.88 bits per heavy atom. The quantitative estimate of drug-likeness (QED) is 0.531. The largest absolute Gasteiger partial charge is 0.573 e. The van der Waals surface area contributed by atoms with Crippen LogP contribution >= 0.6 is 0 Å². The van der Waals surface area contributed by atoms with Crippen molar-refractivity contribution in [3.05, 3.63) is 24.3 Å². The number of carbonyl (C=O) groups is 2. The summed E-state index contributed by atoms with van der Waals surface area (Å²) < 4.78 is 68.1. The number of carboxylic acid groups (broad SMARTS) is 1. The average molecular weight is 479 g/mol. The number of amides is 1. The normalized spacial score (nSPS) is 17.8. The number of anilines is 1. The lowest BCUT2D eigenvalue weighted by Gasteiger charge is -2.38. The summed E-state index contributed by atoms with van der Waals surface area (Å²) in [7, 11) is -4.40. The van der Waals surface area contributed by atoms with Gasteiger partial charge in [-0.25, -0.2) is 13.1 Å². The molecular formula is C15H16F3N7O6S. The number of alkyl halides is 3. The number of sulfonamides is 1. The molecule has 1 fully saturated rings. The molecule has 1 aliphatic heterocycles. The van der Waals surface area contributed by atoms with Crippen LogP contribution in [0.1, 0.15) is 0 Å². The van der Waals surface area contributed by atoms with Crippen molar-refractivity contribution in [2.24, 2.45) is 0 Å². The van der Waals surface area contributed by atoms with Crippen molar-refractivity contribution in [1.82, 2.24) is 29.4 Å². The first-order chi connectivity index (χ1) is 14.9. The second kappa shape index (κ2) is 8.58. The molecule has 0 spiro atoms. The molecule has 0 unspecified atom stereocenters. The zero-order valence-corrected chi connectivity index (χ0v) is 16.8. The Morgan fingerprint density at radius 3 is 2.41 bits per heavy atom. The predicted molar refractivity (Wildman–Crippen MR) is 97.3 cm³/mol. The molecule has 1 aromatic carbocycles. The molecule has 0 bridgehead atoms. The van der Waals surface area contributed by atoms with Gasteiger partial charge in [-0.15, -0.1) is 13.2 Å². The van der Waals surface area contributed by atoms with E-state index in [0.29, 0.717) is 4.31 Å². The lowest BCUT2D eigenvalue weighted by molar-refractivity contribution is -0.274. The summed E-state index contributed by atoms with van der Waals surface area (Å²) in [6.45, 7) is -1.35. The number of ether oxygens (including phenoxy) is 1. The summed E-state index contributed by atoms with van der Waals surface area (Å²) in [4.78, 5) is 24.9. The van der Waals surface area contributed by atoms with Crippen LogP contribution in [0.2, 0.25) is 0 Å². The zero-order chi connectivity index (χ0) is 23.7. The van der Waals surface area contributed by atoms with Crippen molar-refractivity contribution >= 4 is 27.8 Å². The lowest BCUT2D eigenvalue weighted by Crippen LogP contribution is -2.59. The number of aromatic nitrogens is 4. The summed E-state index contributed by atoms with van der Waals surface area (Å²) in [5, 5.41) is 19.8. The Morgan fingerprint density at radius 1 is 1.22 bits per heavy atom. The molecule has 17 heteroatoms. The van der Waals surface area contributed by atoms with Gasteiger partial charge in [0.1, 0.15) is 18.3 Å². The highest BCUT2D eigenvalue weighted by Crippen LogP contribution is 2.27. The summed E-state index contributed by atoms with van der Waals surface area (Å²) >= 11 is 0. The number of tetrazole rings is 1. The van der Waals surface area contributed by atoms with E-state index in [-0.39, 0.29) is 25.6 Å². The van der Waals surface area contributed by atoms with Gasteiger partial charge in [-0.2, -0.15) is 4.31 Å². The maximum atomic E-state index is 12.9. The van der Waals surface area contributed by atoms with Gasteiger partial charge in [-0.05, 0) is 34.7 Å². The summed E-state index contributed by atoms with van der Waals surface area (Å²) in [6.07, 6.45) is -4.95. The lowest BCUT2D eigenvalue weighted by atomic mass is 10.2. The fourth-order valence-corrected chi connectivity index (χ4v) is 4.55. The van der Waals surface area contributed by atoms with E-state index in [0.717, 1.165) is 33.8 Å². The number of benzene rings is 1. The van der Waals surface area contributed by atoms with Crippen molar-refractivity contribution < 1.29 is 41.0 Å². The van der Waals surface area contributed by atoms with Crippen molar-refractivity contribution in [1.29, 1.82) is 0 Å². The highest BCUT2D eigenvalue weighted by atomic mass is 32.2. The van der Waals surface area contributed by atoms with E-state index in [1.54, 1.807) is 0 Å². The molecule has 13 nitrogen and oxygen atoms in total. The molecule has 0 radical (unpaired) electrons. The maximum absolute atomic E-state index is 12.9. The van der Waals surface area contributed by atoms with Crippen LogP contribution in [0.3, 0.4) is 0 Å². The van der Waals surface area contributed by atoms with Gasteiger partial charge < -0.3 is 20.5 Å². The van der Waals surface area contributed by atoms with Gasteiger partial charge in [0.05, 0.1) is 4.90 Å². The number of hydrogen-bond donors (Lipinski definition) is 2. The SMILES string of the molecule is Nc1nnnn1CC(=O)N1CCN(S(=O)(=O)c2ccc(OC(F)(F)F)cc2)[C@@H](C(=O)O)C1. The molecule has 1 amide bonds. The molecule has 2 aromatic rings. The third kappa shape index (κ3) is 5.05. The first-order valence-electron chi connectivity index (χ1n) is 8.78. The Bertz CT molecular complexity index is 1110. The third-order valence-electron chi connectivity index (χ3n) is 4.48. The van der Waals surface area contributed by atoms with E-state index in [4.69, 9.17) is 5.73 Å². The topological polar surface area (TPSA) is 174 Å². The average Bonchev–Trinajstić information content (AvgIpc) is 3.11. The molecule has 0 aliphatic carbocycles. The van der Waals surface area contributed by atoms with Crippen LogP contribution in [0.5, 0.6) is 5.75 Å². The number of piperazine rings is 1. The summed E-state index contributed by atoms with van der Waals surface area (Å²) in [5.41, 5.74) is 5.49. The van der Waals surface area contributed by atoms with Crippen LogP contribution in [0, 0.1) is 0 Å². The Kier molecular flexibility index (Phi) is 6.22. The Balaban J connectivity index is 1.76. The molecule has 1 atom stereocenters. The third-order valence-corrected chi connectivity index (χ3v) is 6.40. The number of nitrogen functional groups attached to an aromatic ring is 1. The number of aliphatic carboxylic acids is 1. The molecular weight excluding hydrogens is 463 g/mol. The summed E-state index contributed by atoms with van der Waals surface area (Å²) in [6, 6.07) is 1.70.